The molecule has 96 valence electrons. The van der Waals surface area contributed by atoms with E-state index < -0.39 is 0 Å². The highest BCUT2D eigenvalue weighted by atomic mass is 16.5. The second-order valence-corrected chi connectivity index (χ2v) is 4.73. The molecule has 1 aliphatic heterocycles. The summed E-state index contributed by atoms with van der Waals surface area (Å²) in [4.78, 5) is 6.62. The molecule has 1 fully saturated rings. The minimum Gasteiger partial charge on any atom is -0.338 e. The number of anilines is 1. The molecule has 1 atom stereocenters. The lowest BCUT2D eigenvalue weighted by molar-refractivity contribution is 0.347. The molecule has 5 nitrogen and oxygen atoms in total. The highest BCUT2D eigenvalue weighted by Gasteiger charge is 2.18. The third-order valence-electron chi connectivity index (χ3n) is 3.24. The Morgan fingerprint density at radius 2 is 2.00 bits per heavy atom. The Morgan fingerprint density at radius 3 is 2.65 bits per heavy atom. The van der Waals surface area contributed by atoms with Crippen LogP contribution in [0, 0.1) is 0 Å². The van der Waals surface area contributed by atoms with Gasteiger partial charge in [-0.1, -0.05) is 26.2 Å². The summed E-state index contributed by atoms with van der Waals surface area (Å²) in [5.74, 6) is 1.29. The average molecular weight is 238 g/mol. The minimum atomic E-state index is -0.117. The van der Waals surface area contributed by atoms with Crippen LogP contribution in [0.2, 0.25) is 0 Å². The Labute approximate surface area is 102 Å². The number of hydrogen-bond donors (Lipinski definition) is 1. The van der Waals surface area contributed by atoms with E-state index >= 15 is 0 Å². The molecule has 1 aromatic rings. The first-order valence-electron chi connectivity index (χ1n) is 6.65. The normalized spacial score (nSPS) is 19.1. The molecule has 2 rings (SSSR count). The summed E-state index contributed by atoms with van der Waals surface area (Å²) in [6.07, 6.45) is 6.95. The minimum absolute atomic E-state index is 0.117. The van der Waals surface area contributed by atoms with E-state index in [1.165, 1.54) is 25.7 Å². The molecule has 0 aliphatic carbocycles. The van der Waals surface area contributed by atoms with E-state index in [4.69, 9.17) is 10.3 Å². The molecule has 5 heteroatoms. The van der Waals surface area contributed by atoms with E-state index in [1.807, 2.05) is 0 Å². The van der Waals surface area contributed by atoms with Gasteiger partial charge in [0.05, 0.1) is 6.04 Å². The first-order chi connectivity index (χ1) is 8.31. The zero-order chi connectivity index (χ0) is 12.1. The number of rotatable bonds is 4. The molecule has 0 spiro atoms. The summed E-state index contributed by atoms with van der Waals surface area (Å²) < 4.78 is 5.25. The lowest BCUT2D eigenvalue weighted by Gasteiger charge is -2.16. The van der Waals surface area contributed by atoms with E-state index in [9.17, 15) is 0 Å². The maximum absolute atomic E-state index is 5.96. The zero-order valence-electron chi connectivity index (χ0n) is 10.6. The van der Waals surface area contributed by atoms with Gasteiger partial charge in [0, 0.05) is 13.1 Å². The van der Waals surface area contributed by atoms with E-state index in [2.05, 4.69) is 22.0 Å². The molecule has 2 N–H and O–H groups in total. The van der Waals surface area contributed by atoms with Crippen LogP contribution < -0.4 is 10.6 Å². The first-order valence-corrected chi connectivity index (χ1v) is 6.65. The summed E-state index contributed by atoms with van der Waals surface area (Å²) in [5.41, 5.74) is 5.96. The summed E-state index contributed by atoms with van der Waals surface area (Å²) in [6.45, 7) is 4.16. The SMILES string of the molecule is CCC[C@H](N)c1nc(N2CCCCCC2)no1. The van der Waals surface area contributed by atoms with Gasteiger partial charge in [-0.25, -0.2) is 0 Å². The fourth-order valence-electron chi connectivity index (χ4n) is 2.21. The Morgan fingerprint density at radius 1 is 1.29 bits per heavy atom. The highest BCUT2D eigenvalue weighted by Crippen LogP contribution is 2.19. The molecular weight excluding hydrogens is 216 g/mol. The second kappa shape index (κ2) is 6.00. The predicted molar refractivity (Wildman–Crippen MR) is 66.8 cm³/mol. The number of hydrogen-bond acceptors (Lipinski definition) is 5. The van der Waals surface area contributed by atoms with Gasteiger partial charge in [0.1, 0.15) is 0 Å². The molecule has 0 amide bonds. The fraction of sp³-hybridized carbons (Fsp3) is 0.833. The fourth-order valence-corrected chi connectivity index (χ4v) is 2.21. The van der Waals surface area contributed by atoms with Gasteiger partial charge in [0.2, 0.25) is 5.89 Å². The Balaban J connectivity index is 2.01. The Bertz CT molecular complexity index is 331. The van der Waals surface area contributed by atoms with Crippen LogP contribution in [0.3, 0.4) is 0 Å². The molecule has 0 bridgehead atoms. The molecule has 17 heavy (non-hydrogen) atoms. The maximum atomic E-state index is 5.96. The van der Waals surface area contributed by atoms with Gasteiger partial charge < -0.3 is 15.2 Å². The Kier molecular flexibility index (Phi) is 4.36. The van der Waals surface area contributed by atoms with E-state index in [-0.39, 0.29) is 6.04 Å². The summed E-state index contributed by atoms with van der Waals surface area (Å²) in [7, 11) is 0. The van der Waals surface area contributed by atoms with Gasteiger partial charge in [0.25, 0.3) is 5.95 Å². The van der Waals surface area contributed by atoms with Crippen molar-refractivity contribution >= 4 is 5.95 Å². The molecule has 0 unspecified atom stereocenters. The summed E-state index contributed by atoms with van der Waals surface area (Å²) in [5, 5.41) is 4.04. The van der Waals surface area contributed by atoms with Crippen molar-refractivity contribution in [3.05, 3.63) is 5.89 Å². The van der Waals surface area contributed by atoms with Crippen molar-refractivity contribution in [1.29, 1.82) is 0 Å². The summed E-state index contributed by atoms with van der Waals surface area (Å²) >= 11 is 0. The van der Waals surface area contributed by atoms with Crippen LogP contribution in [0.1, 0.15) is 57.4 Å². The molecule has 0 saturated carbocycles. The maximum Gasteiger partial charge on any atom is 0.266 e. The number of nitrogens with zero attached hydrogens (tertiary/aromatic N) is 3. The molecule has 2 heterocycles. The lowest BCUT2D eigenvalue weighted by atomic mass is 10.2. The third-order valence-corrected chi connectivity index (χ3v) is 3.24. The monoisotopic (exact) mass is 238 g/mol. The van der Waals surface area contributed by atoms with E-state index in [1.54, 1.807) is 0 Å². The van der Waals surface area contributed by atoms with Crippen LogP contribution in [0.15, 0.2) is 4.52 Å². The number of aromatic nitrogens is 2. The van der Waals surface area contributed by atoms with Crippen molar-refractivity contribution in [3.8, 4) is 0 Å². The van der Waals surface area contributed by atoms with Gasteiger partial charge in [-0.15, -0.1) is 0 Å². The van der Waals surface area contributed by atoms with Crippen LogP contribution in [0.25, 0.3) is 0 Å². The standard InChI is InChI=1S/C12H22N4O/c1-2-7-10(13)11-14-12(15-17-11)16-8-5-3-4-6-9-16/h10H,2-9,13H2,1H3/t10-/m0/s1. The van der Waals surface area contributed by atoms with Crippen LogP contribution in [-0.4, -0.2) is 23.2 Å². The molecular formula is C12H22N4O. The van der Waals surface area contributed by atoms with E-state index in [0.717, 1.165) is 25.9 Å². The predicted octanol–water partition coefficient (Wildman–Crippen LogP) is 2.25. The molecule has 0 radical (unpaired) electrons. The van der Waals surface area contributed by atoms with Crippen LogP contribution in [0.5, 0.6) is 0 Å². The summed E-state index contributed by atoms with van der Waals surface area (Å²) in [6, 6.07) is -0.117. The average Bonchev–Trinajstić information content (AvgIpc) is 2.66. The smallest absolute Gasteiger partial charge is 0.266 e. The van der Waals surface area contributed by atoms with Crippen molar-refractivity contribution < 1.29 is 4.52 Å². The van der Waals surface area contributed by atoms with Crippen molar-refractivity contribution in [2.24, 2.45) is 5.73 Å². The topological polar surface area (TPSA) is 68.2 Å². The van der Waals surface area contributed by atoms with Gasteiger partial charge in [-0.05, 0) is 24.4 Å². The van der Waals surface area contributed by atoms with Gasteiger partial charge in [-0.2, -0.15) is 4.98 Å². The largest absolute Gasteiger partial charge is 0.338 e. The van der Waals surface area contributed by atoms with Crippen molar-refractivity contribution in [2.45, 2.75) is 51.5 Å². The molecule has 1 aliphatic rings. The third kappa shape index (κ3) is 3.19. The lowest BCUT2D eigenvalue weighted by Crippen LogP contribution is -2.25. The number of nitrogens with two attached hydrogens (primary N) is 1. The first kappa shape index (κ1) is 12.4. The van der Waals surface area contributed by atoms with Crippen molar-refractivity contribution in [1.82, 2.24) is 10.1 Å². The zero-order valence-corrected chi connectivity index (χ0v) is 10.6. The second-order valence-electron chi connectivity index (χ2n) is 4.73. The molecule has 0 aromatic carbocycles. The van der Waals surface area contributed by atoms with Crippen LogP contribution in [-0.2, 0) is 0 Å². The highest BCUT2D eigenvalue weighted by molar-refractivity contribution is 5.27. The van der Waals surface area contributed by atoms with Crippen molar-refractivity contribution in [3.63, 3.8) is 0 Å². The quantitative estimate of drug-likeness (QED) is 0.871. The van der Waals surface area contributed by atoms with Crippen molar-refractivity contribution in [2.75, 3.05) is 18.0 Å². The molecule has 1 aromatic heterocycles. The van der Waals surface area contributed by atoms with Crippen LogP contribution >= 0.6 is 0 Å². The molecule has 1 saturated heterocycles. The van der Waals surface area contributed by atoms with Crippen LogP contribution in [0.4, 0.5) is 5.95 Å². The Hall–Kier alpha value is -1.10. The van der Waals surface area contributed by atoms with Gasteiger partial charge in [-0.3, -0.25) is 0 Å². The van der Waals surface area contributed by atoms with E-state index in [0.29, 0.717) is 11.8 Å². The van der Waals surface area contributed by atoms with Gasteiger partial charge in [0.15, 0.2) is 0 Å². The van der Waals surface area contributed by atoms with Gasteiger partial charge >= 0.3 is 0 Å².